The summed E-state index contributed by atoms with van der Waals surface area (Å²) in [6, 6.07) is 14.8. The minimum Gasteiger partial charge on any atom is -0.497 e. The summed E-state index contributed by atoms with van der Waals surface area (Å²) in [5.74, 6) is 1.27. The Morgan fingerprint density at radius 2 is 1.78 bits per heavy atom. The Kier molecular flexibility index (Phi) is 3.70. The molecule has 0 saturated carbocycles. The van der Waals surface area contributed by atoms with Crippen LogP contribution in [0.3, 0.4) is 0 Å². The molecule has 0 radical (unpaired) electrons. The highest BCUT2D eigenvalue weighted by Crippen LogP contribution is 2.27. The zero-order chi connectivity index (χ0) is 16.6. The van der Waals surface area contributed by atoms with E-state index in [0.717, 1.165) is 17.0 Å². The molecule has 1 aromatic heterocycles. The normalized spacial score (nSPS) is 11.7. The molecule has 3 rings (SSSR count). The van der Waals surface area contributed by atoms with Gasteiger partial charge in [-0.2, -0.15) is 0 Å². The van der Waals surface area contributed by atoms with Crippen LogP contribution in [0.25, 0.3) is 22.3 Å². The van der Waals surface area contributed by atoms with E-state index in [-0.39, 0.29) is 5.43 Å². The number of hydrogen-bond acceptors (Lipinski definition) is 3. The lowest BCUT2D eigenvalue weighted by Gasteiger charge is -2.23. The molecule has 118 valence electrons. The van der Waals surface area contributed by atoms with Crippen molar-refractivity contribution in [2.75, 3.05) is 28.3 Å². The maximum absolute atomic E-state index is 12.5. The lowest BCUT2D eigenvalue weighted by atomic mass is 10.1. The molecule has 0 amide bonds. The Bertz CT molecular complexity index is 920. The fraction of sp³-hybridized carbons (Fsp3) is 0.211. The third-order valence-electron chi connectivity index (χ3n) is 3.84. The summed E-state index contributed by atoms with van der Waals surface area (Å²) < 4.78 is 11.8. The Hall–Kier alpha value is -2.59. The maximum atomic E-state index is 12.5. The van der Waals surface area contributed by atoms with Gasteiger partial charge in [-0.05, 0) is 18.2 Å². The number of hydrogen-bond donors (Lipinski definition) is 0. The molecule has 0 spiro atoms. The largest absolute Gasteiger partial charge is 0.497 e. The van der Waals surface area contributed by atoms with E-state index in [0.29, 0.717) is 21.2 Å². The third-order valence-corrected chi connectivity index (χ3v) is 3.84. The van der Waals surface area contributed by atoms with Crippen LogP contribution in [0.5, 0.6) is 5.75 Å². The topological polar surface area (TPSA) is 39.4 Å². The quantitative estimate of drug-likeness (QED) is 0.693. The predicted molar refractivity (Wildman–Crippen MR) is 94.0 cm³/mol. The number of quaternary nitrogens is 1. The first-order valence-electron chi connectivity index (χ1n) is 7.43. The summed E-state index contributed by atoms with van der Waals surface area (Å²) in [6.45, 7) is 0. The van der Waals surface area contributed by atoms with E-state index in [1.807, 2.05) is 42.5 Å². The summed E-state index contributed by atoms with van der Waals surface area (Å²) in [5, 5.41) is 0.599. The molecule has 0 bridgehead atoms. The second-order valence-electron chi connectivity index (χ2n) is 6.40. The van der Waals surface area contributed by atoms with Crippen LogP contribution < -0.4 is 14.6 Å². The van der Waals surface area contributed by atoms with Gasteiger partial charge in [0.05, 0.1) is 33.6 Å². The minimum absolute atomic E-state index is 0.0423. The first kappa shape index (κ1) is 15.3. The number of rotatable bonds is 3. The average molecular weight is 310 g/mol. The Balaban J connectivity index is 2.17. The fourth-order valence-electron chi connectivity index (χ4n) is 2.48. The molecule has 2 aromatic carbocycles. The highest BCUT2D eigenvalue weighted by Gasteiger charge is 2.15. The van der Waals surface area contributed by atoms with Crippen molar-refractivity contribution in [3.8, 4) is 17.1 Å². The lowest BCUT2D eigenvalue weighted by molar-refractivity contribution is 0.415. The number of ether oxygens (including phenoxy) is 1. The van der Waals surface area contributed by atoms with Crippen molar-refractivity contribution < 1.29 is 9.15 Å². The third kappa shape index (κ3) is 2.98. The molecule has 0 aliphatic rings. The van der Waals surface area contributed by atoms with Gasteiger partial charge in [-0.25, -0.2) is 0 Å². The summed E-state index contributed by atoms with van der Waals surface area (Å²) in [4.78, 5) is 12.5. The summed E-state index contributed by atoms with van der Waals surface area (Å²) in [7, 11) is 7.80. The number of methoxy groups -OCH3 is 1. The zero-order valence-electron chi connectivity index (χ0n) is 13.8. The molecule has 4 heteroatoms. The SMILES string of the molecule is COc1cccc(-c2cc(=O)c3cc([N+](C)(C)C)ccc3o2)c1. The van der Waals surface area contributed by atoms with Crippen LogP contribution >= 0.6 is 0 Å². The predicted octanol–water partition coefficient (Wildman–Crippen LogP) is 3.67. The highest BCUT2D eigenvalue weighted by molar-refractivity contribution is 5.82. The van der Waals surface area contributed by atoms with Gasteiger partial charge in [0.15, 0.2) is 5.43 Å². The van der Waals surface area contributed by atoms with Crippen LogP contribution in [0.2, 0.25) is 0 Å². The van der Waals surface area contributed by atoms with Gasteiger partial charge in [-0.3, -0.25) is 9.28 Å². The Morgan fingerprint density at radius 3 is 2.48 bits per heavy atom. The van der Waals surface area contributed by atoms with Gasteiger partial charge >= 0.3 is 0 Å². The van der Waals surface area contributed by atoms with Crippen molar-refractivity contribution in [1.82, 2.24) is 4.48 Å². The summed E-state index contributed by atoms with van der Waals surface area (Å²) in [6.07, 6.45) is 0. The van der Waals surface area contributed by atoms with E-state index in [9.17, 15) is 4.79 Å². The summed E-state index contributed by atoms with van der Waals surface area (Å²) in [5.41, 5.74) is 2.42. The number of nitrogens with zero attached hydrogens (tertiary/aromatic N) is 1. The molecule has 0 aliphatic heterocycles. The molecule has 0 fully saturated rings. The van der Waals surface area contributed by atoms with E-state index in [2.05, 4.69) is 21.1 Å². The van der Waals surface area contributed by atoms with Gasteiger partial charge in [0.25, 0.3) is 0 Å². The van der Waals surface area contributed by atoms with Gasteiger partial charge in [-0.1, -0.05) is 12.1 Å². The van der Waals surface area contributed by atoms with E-state index < -0.39 is 0 Å². The first-order valence-corrected chi connectivity index (χ1v) is 7.43. The molecule has 0 unspecified atom stereocenters. The van der Waals surface area contributed by atoms with Crippen LogP contribution in [0.1, 0.15) is 0 Å². The second-order valence-corrected chi connectivity index (χ2v) is 6.40. The van der Waals surface area contributed by atoms with Gasteiger partial charge in [0.2, 0.25) is 0 Å². The molecule has 3 aromatic rings. The van der Waals surface area contributed by atoms with Crippen LogP contribution in [0.15, 0.2) is 57.7 Å². The van der Waals surface area contributed by atoms with Crippen molar-refractivity contribution in [2.24, 2.45) is 0 Å². The monoisotopic (exact) mass is 310 g/mol. The van der Waals surface area contributed by atoms with E-state index in [1.54, 1.807) is 7.11 Å². The maximum Gasteiger partial charge on any atom is 0.193 e. The average Bonchev–Trinajstić information content (AvgIpc) is 2.53. The molecule has 1 heterocycles. The van der Waals surface area contributed by atoms with Crippen molar-refractivity contribution in [3.63, 3.8) is 0 Å². The molecular formula is C19H20NO3+. The molecule has 0 N–H and O–H groups in total. The first-order chi connectivity index (χ1) is 10.9. The molecule has 0 saturated heterocycles. The van der Waals surface area contributed by atoms with E-state index in [1.165, 1.54) is 6.07 Å². The lowest BCUT2D eigenvalue weighted by Crippen LogP contribution is -2.34. The molecule has 0 aliphatic carbocycles. The number of fused-ring (bicyclic) bond motifs is 1. The molecule has 0 atom stereocenters. The van der Waals surface area contributed by atoms with Crippen molar-refractivity contribution in [1.29, 1.82) is 0 Å². The van der Waals surface area contributed by atoms with Crippen molar-refractivity contribution in [3.05, 3.63) is 58.8 Å². The van der Waals surface area contributed by atoms with Crippen LogP contribution in [-0.2, 0) is 0 Å². The zero-order valence-corrected chi connectivity index (χ0v) is 13.8. The highest BCUT2D eigenvalue weighted by atomic mass is 16.5. The molecule has 23 heavy (non-hydrogen) atoms. The van der Waals surface area contributed by atoms with E-state index >= 15 is 0 Å². The molecular weight excluding hydrogens is 290 g/mol. The van der Waals surface area contributed by atoms with Crippen LogP contribution in [0, 0.1) is 0 Å². The van der Waals surface area contributed by atoms with Gasteiger partial charge < -0.3 is 9.15 Å². The smallest absolute Gasteiger partial charge is 0.193 e. The van der Waals surface area contributed by atoms with Gasteiger partial charge in [0, 0.05) is 23.8 Å². The minimum atomic E-state index is -0.0423. The Labute approximate surface area is 135 Å². The van der Waals surface area contributed by atoms with Crippen molar-refractivity contribution >= 4 is 16.7 Å². The van der Waals surface area contributed by atoms with Crippen LogP contribution in [0.4, 0.5) is 5.69 Å². The van der Waals surface area contributed by atoms with E-state index in [4.69, 9.17) is 9.15 Å². The standard InChI is InChI=1S/C19H20NO3/c1-20(2,3)14-8-9-18-16(11-14)17(21)12-19(23-18)13-6-5-7-15(10-13)22-4/h5-12H,1-4H3/q+1. The fourth-order valence-corrected chi connectivity index (χ4v) is 2.48. The van der Waals surface area contributed by atoms with Gasteiger partial charge in [-0.15, -0.1) is 0 Å². The summed E-state index contributed by atoms with van der Waals surface area (Å²) >= 11 is 0. The van der Waals surface area contributed by atoms with Crippen molar-refractivity contribution in [2.45, 2.75) is 0 Å². The Morgan fingerprint density at radius 1 is 1.00 bits per heavy atom. The number of benzene rings is 2. The van der Waals surface area contributed by atoms with Crippen LogP contribution in [-0.4, -0.2) is 28.3 Å². The van der Waals surface area contributed by atoms with Gasteiger partial charge in [0.1, 0.15) is 22.8 Å². The second kappa shape index (κ2) is 5.56. The molecule has 4 nitrogen and oxygen atoms in total.